The molecule has 0 heterocycles. The van der Waals surface area contributed by atoms with Crippen LogP contribution in [0.25, 0.3) is 10.8 Å². The van der Waals surface area contributed by atoms with Gasteiger partial charge in [0, 0.05) is 23.5 Å². The number of likely N-dealkylation sites (N-methyl/N-ethyl adjacent to an activating group) is 1. The standard InChI is InChI=1S/C13H12N2O3/c1-14-12(17)13(18)15-10-6-2-5-9-8(10)4-3-7-11(9)16/h2-7,16H,1H3,(H,14,17)(H,15,18). The number of benzene rings is 2. The number of carbonyl (C=O) groups is 2. The van der Waals surface area contributed by atoms with E-state index in [0.29, 0.717) is 16.5 Å². The number of hydrogen-bond acceptors (Lipinski definition) is 3. The first kappa shape index (κ1) is 11.9. The lowest BCUT2D eigenvalue weighted by molar-refractivity contribution is -0.135. The number of phenols is 1. The van der Waals surface area contributed by atoms with E-state index in [4.69, 9.17) is 0 Å². The molecule has 5 heteroatoms. The summed E-state index contributed by atoms with van der Waals surface area (Å²) in [5, 5.41) is 15.7. The van der Waals surface area contributed by atoms with Crippen molar-refractivity contribution in [1.29, 1.82) is 0 Å². The molecule has 2 aromatic carbocycles. The quantitative estimate of drug-likeness (QED) is 0.660. The first-order valence-corrected chi connectivity index (χ1v) is 5.37. The summed E-state index contributed by atoms with van der Waals surface area (Å²) < 4.78 is 0. The number of carbonyl (C=O) groups excluding carboxylic acids is 2. The van der Waals surface area contributed by atoms with E-state index in [9.17, 15) is 14.7 Å². The highest BCUT2D eigenvalue weighted by atomic mass is 16.3. The average Bonchev–Trinajstić information content (AvgIpc) is 2.39. The van der Waals surface area contributed by atoms with Crippen LogP contribution in [0.3, 0.4) is 0 Å². The van der Waals surface area contributed by atoms with Crippen molar-refractivity contribution < 1.29 is 14.7 Å². The number of aromatic hydroxyl groups is 1. The van der Waals surface area contributed by atoms with Crippen LogP contribution >= 0.6 is 0 Å². The molecule has 5 nitrogen and oxygen atoms in total. The van der Waals surface area contributed by atoms with Gasteiger partial charge in [-0.1, -0.05) is 24.3 Å². The van der Waals surface area contributed by atoms with E-state index in [2.05, 4.69) is 10.6 Å². The van der Waals surface area contributed by atoms with E-state index in [1.807, 2.05) is 0 Å². The smallest absolute Gasteiger partial charge is 0.313 e. The summed E-state index contributed by atoms with van der Waals surface area (Å²) in [5.41, 5.74) is 0.483. The molecule has 0 unspecified atom stereocenters. The topological polar surface area (TPSA) is 78.4 Å². The van der Waals surface area contributed by atoms with Gasteiger partial charge in [0.15, 0.2) is 0 Å². The average molecular weight is 244 g/mol. The summed E-state index contributed by atoms with van der Waals surface area (Å²) in [5.74, 6) is -1.33. The monoisotopic (exact) mass is 244 g/mol. The third-order valence-electron chi connectivity index (χ3n) is 2.58. The number of phenolic OH excluding ortho intramolecular Hbond substituents is 1. The molecule has 0 aliphatic rings. The van der Waals surface area contributed by atoms with Gasteiger partial charge in [0.05, 0.1) is 0 Å². The van der Waals surface area contributed by atoms with Gasteiger partial charge in [-0.25, -0.2) is 0 Å². The highest BCUT2D eigenvalue weighted by Crippen LogP contribution is 2.29. The molecule has 0 saturated carbocycles. The third kappa shape index (κ3) is 2.10. The molecule has 2 amide bonds. The Bertz CT molecular complexity index is 623. The Morgan fingerprint density at radius 2 is 1.67 bits per heavy atom. The van der Waals surface area contributed by atoms with Gasteiger partial charge in [-0.15, -0.1) is 0 Å². The lowest BCUT2D eigenvalue weighted by Crippen LogP contribution is -2.32. The number of hydrogen-bond donors (Lipinski definition) is 3. The zero-order valence-electron chi connectivity index (χ0n) is 9.73. The van der Waals surface area contributed by atoms with Crippen molar-refractivity contribution in [2.75, 3.05) is 12.4 Å². The number of nitrogens with one attached hydrogen (secondary N) is 2. The van der Waals surface area contributed by atoms with Crippen molar-refractivity contribution in [2.24, 2.45) is 0 Å². The van der Waals surface area contributed by atoms with Crippen LogP contribution in [0.15, 0.2) is 36.4 Å². The molecule has 0 aromatic heterocycles. The highest BCUT2D eigenvalue weighted by molar-refractivity contribution is 6.40. The van der Waals surface area contributed by atoms with E-state index >= 15 is 0 Å². The molecular formula is C13H12N2O3. The largest absolute Gasteiger partial charge is 0.507 e. The summed E-state index contributed by atoms with van der Waals surface area (Å²) in [6, 6.07) is 10.1. The molecule has 18 heavy (non-hydrogen) atoms. The van der Waals surface area contributed by atoms with E-state index in [1.54, 1.807) is 36.4 Å². The van der Waals surface area contributed by atoms with Gasteiger partial charge in [-0.05, 0) is 12.1 Å². The van der Waals surface area contributed by atoms with Crippen molar-refractivity contribution in [3.8, 4) is 5.75 Å². The fraction of sp³-hybridized carbons (Fsp3) is 0.0769. The maximum absolute atomic E-state index is 11.5. The van der Waals surface area contributed by atoms with Gasteiger partial charge in [-0.3, -0.25) is 9.59 Å². The van der Waals surface area contributed by atoms with Crippen molar-refractivity contribution in [3.63, 3.8) is 0 Å². The Hall–Kier alpha value is -2.56. The molecule has 92 valence electrons. The third-order valence-corrected chi connectivity index (χ3v) is 2.58. The SMILES string of the molecule is CNC(=O)C(=O)Nc1cccc2c(O)cccc12. The first-order chi connectivity index (χ1) is 8.63. The van der Waals surface area contributed by atoms with Crippen LogP contribution < -0.4 is 10.6 Å². The van der Waals surface area contributed by atoms with Crippen LogP contribution in [0.4, 0.5) is 5.69 Å². The Morgan fingerprint density at radius 3 is 2.39 bits per heavy atom. The molecule has 2 aromatic rings. The lowest BCUT2D eigenvalue weighted by atomic mass is 10.1. The minimum atomic E-state index is -0.742. The number of amides is 2. The van der Waals surface area contributed by atoms with Crippen LogP contribution in [-0.4, -0.2) is 24.0 Å². The first-order valence-electron chi connectivity index (χ1n) is 5.37. The van der Waals surface area contributed by atoms with Crippen molar-refractivity contribution in [2.45, 2.75) is 0 Å². The molecule has 0 aliphatic carbocycles. The molecule has 0 spiro atoms. The van der Waals surface area contributed by atoms with E-state index < -0.39 is 11.8 Å². The van der Waals surface area contributed by atoms with Gasteiger partial charge in [-0.2, -0.15) is 0 Å². The zero-order valence-corrected chi connectivity index (χ0v) is 9.73. The highest BCUT2D eigenvalue weighted by Gasteiger charge is 2.13. The summed E-state index contributed by atoms with van der Waals surface area (Å²) in [4.78, 5) is 22.6. The number of fused-ring (bicyclic) bond motifs is 1. The second-order valence-electron chi connectivity index (χ2n) is 3.71. The van der Waals surface area contributed by atoms with E-state index in [-0.39, 0.29) is 5.75 Å². The van der Waals surface area contributed by atoms with Crippen LogP contribution in [0.1, 0.15) is 0 Å². The van der Waals surface area contributed by atoms with Crippen molar-refractivity contribution in [1.82, 2.24) is 5.32 Å². The van der Waals surface area contributed by atoms with Crippen LogP contribution in [0.5, 0.6) is 5.75 Å². The van der Waals surface area contributed by atoms with Gasteiger partial charge >= 0.3 is 11.8 Å². The summed E-state index contributed by atoms with van der Waals surface area (Å²) in [6.45, 7) is 0. The molecule has 3 N–H and O–H groups in total. The Morgan fingerprint density at radius 1 is 1.00 bits per heavy atom. The van der Waals surface area contributed by atoms with Gasteiger partial charge in [0.2, 0.25) is 0 Å². The minimum Gasteiger partial charge on any atom is -0.507 e. The summed E-state index contributed by atoms with van der Waals surface area (Å²) in [7, 11) is 1.39. The van der Waals surface area contributed by atoms with Crippen molar-refractivity contribution in [3.05, 3.63) is 36.4 Å². The predicted molar refractivity (Wildman–Crippen MR) is 68.3 cm³/mol. The lowest BCUT2D eigenvalue weighted by Gasteiger charge is -2.08. The normalized spacial score (nSPS) is 10.1. The Labute approximate surface area is 103 Å². The van der Waals surface area contributed by atoms with Gasteiger partial charge in [0.25, 0.3) is 0 Å². The van der Waals surface area contributed by atoms with Crippen molar-refractivity contribution >= 4 is 28.3 Å². The fourth-order valence-electron chi connectivity index (χ4n) is 1.69. The van der Waals surface area contributed by atoms with E-state index in [1.165, 1.54) is 7.05 Å². The summed E-state index contributed by atoms with van der Waals surface area (Å²) in [6.07, 6.45) is 0. The van der Waals surface area contributed by atoms with Crippen LogP contribution in [0, 0.1) is 0 Å². The van der Waals surface area contributed by atoms with Crippen LogP contribution in [0.2, 0.25) is 0 Å². The minimum absolute atomic E-state index is 0.128. The number of anilines is 1. The Balaban J connectivity index is 2.43. The molecular weight excluding hydrogens is 232 g/mol. The maximum atomic E-state index is 11.5. The molecule has 0 saturated heterocycles. The molecule has 0 atom stereocenters. The molecule has 0 aliphatic heterocycles. The predicted octanol–water partition coefficient (Wildman–Crippen LogP) is 1.23. The maximum Gasteiger partial charge on any atom is 0.313 e. The second-order valence-corrected chi connectivity index (χ2v) is 3.71. The molecule has 2 rings (SSSR count). The fourth-order valence-corrected chi connectivity index (χ4v) is 1.69. The molecule has 0 radical (unpaired) electrons. The number of rotatable bonds is 1. The summed E-state index contributed by atoms with van der Waals surface area (Å²) >= 11 is 0. The molecule has 0 fully saturated rings. The van der Waals surface area contributed by atoms with Gasteiger partial charge in [0.1, 0.15) is 5.75 Å². The molecule has 0 bridgehead atoms. The van der Waals surface area contributed by atoms with Gasteiger partial charge < -0.3 is 15.7 Å². The van der Waals surface area contributed by atoms with Crippen LogP contribution in [-0.2, 0) is 9.59 Å². The van der Waals surface area contributed by atoms with E-state index in [0.717, 1.165) is 0 Å². The second kappa shape index (κ2) is 4.75. The Kier molecular flexibility index (Phi) is 3.14. The zero-order chi connectivity index (χ0) is 13.1.